The van der Waals surface area contributed by atoms with Crippen LogP contribution in [-0.4, -0.2) is 24.8 Å². The Morgan fingerprint density at radius 2 is 1.66 bits per heavy atom. The number of hydrogen-bond acceptors (Lipinski definition) is 4. The van der Waals surface area contributed by atoms with Crippen LogP contribution in [0, 0.1) is 24.7 Å². The first-order valence-corrected chi connectivity index (χ1v) is 10.8. The topological polar surface area (TPSA) is 101 Å². The number of amides is 2. The van der Waals surface area contributed by atoms with E-state index in [0.717, 1.165) is 17.5 Å². The summed E-state index contributed by atoms with van der Waals surface area (Å²) in [5.74, 6) is -0.315. The zero-order valence-corrected chi connectivity index (χ0v) is 16.6. The van der Waals surface area contributed by atoms with Crippen molar-refractivity contribution < 1.29 is 22.6 Å². The summed E-state index contributed by atoms with van der Waals surface area (Å²) in [4.78, 5) is 23.9. The molecule has 2 amide bonds. The fourth-order valence-electron chi connectivity index (χ4n) is 4.74. The third-order valence-electron chi connectivity index (χ3n) is 6.05. The average molecular weight is 411 g/mol. The van der Waals surface area contributed by atoms with Gasteiger partial charge in [-0.05, 0) is 37.0 Å². The lowest BCUT2D eigenvalue weighted by molar-refractivity contribution is -0.126. The summed E-state index contributed by atoms with van der Waals surface area (Å²) in [5.41, 5.74) is 1.85. The standard InChI is InChI=1S/C15H13NO2.C7H8O3S/c17-13-11-9-6-7-15(8-9,12(11)14(18)16-13)10-4-2-1-3-5-10;1-6-2-4-7(5-3-6)11(8,9)10/h1-7,9,11-12H,8H2,(H,16,17,18);2-5H,1H3,(H,8,9,10). The van der Waals surface area contributed by atoms with Crippen molar-refractivity contribution in [2.75, 3.05) is 0 Å². The molecule has 7 heteroatoms. The molecule has 2 aromatic carbocycles. The highest BCUT2D eigenvalue weighted by molar-refractivity contribution is 7.85. The lowest BCUT2D eigenvalue weighted by Gasteiger charge is -2.30. The molecule has 5 rings (SSSR count). The van der Waals surface area contributed by atoms with Crippen molar-refractivity contribution in [1.29, 1.82) is 0 Å². The monoisotopic (exact) mass is 411 g/mol. The molecule has 4 unspecified atom stereocenters. The van der Waals surface area contributed by atoms with Crippen molar-refractivity contribution in [2.24, 2.45) is 17.8 Å². The molecule has 1 saturated heterocycles. The van der Waals surface area contributed by atoms with Gasteiger partial charge in [-0.1, -0.05) is 60.2 Å². The van der Waals surface area contributed by atoms with Gasteiger partial charge in [-0.15, -0.1) is 0 Å². The molecule has 29 heavy (non-hydrogen) atoms. The van der Waals surface area contributed by atoms with Crippen molar-refractivity contribution in [3.8, 4) is 0 Å². The largest absolute Gasteiger partial charge is 0.296 e. The van der Waals surface area contributed by atoms with Gasteiger partial charge >= 0.3 is 0 Å². The number of benzene rings is 2. The van der Waals surface area contributed by atoms with Gasteiger partial charge < -0.3 is 0 Å². The molecule has 3 aliphatic rings. The number of rotatable bonds is 2. The second-order valence-electron chi connectivity index (χ2n) is 7.78. The van der Waals surface area contributed by atoms with E-state index in [0.29, 0.717) is 0 Å². The first-order chi connectivity index (χ1) is 13.7. The highest BCUT2D eigenvalue weighted by atomic mass is 32.2. The van der Waals surface area contributed by atoms with E-state index in [9.17, 15) is 18.0 Å². The molecule has 1 aliphatic heterocycles. The first-order valence-electron chi connectivity index (χ1n) is 9.36. The van der Waals surface area contributed by atoms with Crippen LogP contribution in [0.4, 0.5) is 0 Å². The van der Waals surface area contributed by atoms with Crippen LogP contribution in [0.5, 0.6) is 0 Å². The van der Waals surface area contributed by atoms with Crippen molar-refractivity contribution in [2.45, 2.75) is 23.7 Å². The summed E-state index contributed by atoms with van der Waals surface area (Å²) in [7, 11) is -4.02. The summed E-state index contributed by atoms with van der Waals surface area (Å²) in [6.07, 6.45) is 5.16. The smallest absolute Gasteiger partial charge is 0.294 e. The maximum Gasteiger partial charge on any atom is 0.294 e. The van der Waals surface area contributed by atoms with Crippen LogP contribution in [0.15, 0.2) is 71.6 Å². The fraction of sp³-hybridized carbons (Fsp3) is 0.273. The van der Waals surface area contributed by atoms with Gasteiger partial charge in [0.25, 0.3) is 10.1 Å². The second kappa shape index (κ2) is 6.93. The van der Waals surface area contributed by atoms with E-state index in [4.69, 9.17) is 4.55 Å². The maximum atomic E-state index is 12.1. The van der Waals surface area contributed by atoms with E-state index in [1.165, 1.54) is 12.1 Å². The Balaban J connectivity index is 0.000000161. The van der Waals surface area contributed by atoms with Gasteiger partial charge in [0.1, 0.15) is 0 Å². The molecule has 2 N–H and O–H groups in total. The van der Waals surface area contributed by atoms with Gasteiger partial charge in [0.15, 0.2) is 0 Å². The van der Waals surface area contributed by atoms with Crippen LogP contribution >= 0.6 is 0 Å². The Hall–Kier alpha value is -2.77. The summed E-state index contributed by atoms with van der Waals surface area (Å²) >= 11 is 0. The molecular weight excluding hydrogens is 390 g/mol. The molecule has 0 radical (unpaired) electrons. The number of imide groups is 1. The average Bonchev–Trinajstić information content (AvgIpc) is 3.35. The third-order valence-corrected chi connectivity index (χ3v) is 6.92. The molecule has 1 heterocycles. The zero-order chi connectivity index (χ0) is 20.8. The minimum atomic E-state index is -4.02. The minimum Gasteiger partial charge on any atom is -0.296 e. The van der Waals surface area contributed by atoms with Gasteiger partial charge in [0.2, 0.25) is 11.8 Å². The number of fused-ring (bicyclic) bond motifs is 5. The number of carbonyl (C=O) groups is 2. The lowest BCUT2D eigenvalue weighted by Crippen LogP contribution is -2.36. The van der Waals surface area contributed by atoms with E-state index < -0.39 is 10.1 Å². The van der Waals surface area contributed by atoms with Gasteiger partial charge in [-0.2, -0.15) is 8.42 Å². The number of allylic oxidation sites excluding steroid dienone is 2. The van der Waals surface area contributed by atoms with Crippen LogP contribution in [0.1, 0.15) is 17.5 Å². The number of carbonyl (C=O) groups excluding carboxylic acids is 2. The molecule has 2 fully saturated rings. The molecule has 150 valence electrons. The molecule has 0 aromatic heterocycles. The second-order valence-corrected chi connectivity index (χ2v) is 9.20. The summed E-state index contributed by atoms with van der Waals surface area (Å²) in [5, 5.41) is 2.50. The van der Waals surface area contributed by atoms with E-state index in [1.54, 1.807) is 12.1 Å². The van der Waals surface area contributed by atoms with E-state index in [1.807, 2.05) is 25.1 Å². The highest BCUT2D eigenvalue weighted by Crippen LogP contribution is 2.59. The van der Waals surface area contributed by atoms with E-state index in [2.05, 4.69) is 29.6 Å². The Bertz CT molecular complexity index is 1090. The van der Waals surface area contributed by atoms with Crippen LogP contribution in [0.2, 0.25) is 0 Å². The van der Waals surface area contributed by atoms with Crippen LogP contribution in [0.25, 0.3) is 0 Å². The molecule has 6 nitrogen and oxygen atoms in total. The van der Waals surface area contributed by atoms with Crippen LogP contribution < -0.4 is 5.32 Å². The molecule has 1 saturated carbocycles. The SMILES string of the molecule is Cc1ccc(S(=O)(=O)O)cc1.O=C1NC(=O)C2C1C1C=CC2(c2ccccc2)C1. The quantitative estimate of drug-likeness (QED) is 0.450. The Kier molecular flexibility index (Phi) is 4.67. The molecular formula is C22H21NO5S. The zero-order valence-electron chi connectivity index (χ0n) is 15.8. The highest BCUT2D eigenvalue weighted by Gasteiger charge is 2.64. The summed E-state index contributed by atoms with van der Waals surface area (Å²) in [6, 6.07) is 16.1. The number of hydrogen-bond donors (Lipinski definition) is 2. The van der Waals surface area contributed by atoms with E-state index in [-0.39, 0.29) is 39.9 Å². The van der Waals surface area contributed by atoms with Crippen molar-refractivity contribution >= 4 is 21.9 Å². The van der Waals surface area contributed by atoms with Crippen LogP contribution in [-0.2, 0) is 25.1 Å². The van der Waals surface area contributed by atoms with E-state index >= 15 is 0 Å². The van der Waals surface area contributed by atoms with Gasteiger partial charge in [-0.25, -0.2) is 0 Å². The third kappa shape index (κ3) is 3.30. The van der Waals surface area contributed by atoms with Crippen molar-refractivity contribution in [3.05, 3.63) is 77.9 Å². The molecule has 2 aromatic rings. The van der Waals surface area contributed by atoms with Crippen molar-refractivity contribution in [3.63, 3.8) is 0 Å². The Morgan fingerprint density at radius 3 is 2.28 bits per heavy atom. The molecule has 2 aliphatic carbocycles. The Labute approximate surface area is 169 Å². The summed E-state index contributed by atoms with van der Waals surface area (Å²) in [6.45, 7) is 1.84. The molecule has 2 bridgehead atoms. The predicted molar refractivity (Wildman–Crippen MR) is 106 cm³/mol. The van der Waals surface area contributed by atoms with Gasteiger partial charge in [-0.3, -0.25) is 19.5 Å². The Morgan fingerprint density at radius 1 is 1.00 bits per heavy atom. The number of nitrogens with one attached hydrogen (secondary N) is 1. The lowest BCUT2D eigenvalue weighted by atomic mass is 9.70. The fourth-order valence-corrected chi connectivity index (χ4v) is 5.22. The summed E-state index contributed by atoms with van der Waals surface area (Å²) < 4.78 is 29.6. The minimum absolute atomic E-state index is 0.0666. The predicted octanol–water partition coefficient (Wildman–Crippen LogP) is 2.64. The molecule has 0 spiro atoms. The van der Waals surface area contributed by atoms with Crippen LogP contribution in [0.3, 0.4) is 0 Å². The van der Waals surface area contributed by atoms with Gasteiger partial charge in [0, 0.05) is 5.41 Å². The molecule has 4 atom stereocenters. The van der Waals surface area contributed by atoms with Crippen molar-refractivity contribution in [1.82, 2.24) is 5.32 Å². The maximum absolute atomic E-state index is 12.1. The normalized spacial score (nSPS) is 29.2. The number of aryl methyl sites for hydroxylation is 1. The van der Waals surface area contributed by atoms with Gasteiger partial charge in [0.05, 0.1) is 16.7 Å². The first kappa shape index (κ1) is 19.5.